The third-order valence-electron chi connectivity index (χ3n) is 5.30. The highest BCUT2D eigenvalue weighted by atomic mass is 32.2. The fourth-order valence-electron chi connectivity index (χ4n) is 3.42. The minimum Gasteiger partial charge on any atom is -0.468 e. The Kier molecular flexibility index (Phi) is 11.5. The largest absolute Gasteiger partial charge is 0.468 e. The molecule has 11 heteroatoms. The van der Waals surface area contributed by atoms with Crippen molar-refractivity contribution in [3.05, 3.63) is 59.1 Å². The first-order chi connectivity index (χ1) is 17.0. The van der Waals surface area contributed by atoms with Gasteiger partial charge in [0.25, 0.3) is 5.91 Å². The van der Waals surface area contributed by atoms with E-state index in [1.807, 2.05) is 6.92 Å². The Bertz CT molecular complexity index is 1050. The molecule has 1 aromatic carbocycles. The van der Waals surface area contributed by atoms with Gasteiger partial charge in [-0.25, -0.2) is 17.6 Å². The second kappa shape index (κ2) is 14.1. The maximum atomic E-state index is 14.1. The molecule has 1 aromatic heterocycles. The zero-order valence-corrected chi connectivity index (χ0v) is 21.2. The molecule has 36 heavy (non-hydrogen) atoms. The average Bonchev–Trinajstić information content (AvgIpc) is 3.35. The highest BCUT2D eigenvalue weighted by Gasteiger charge is 2.29. The molecule has 0 saturated heterocycles. The maximum absolute atomic E-state index is 14.1. The Morgan fingerprint density at radius 2 is 1.75 bits per heavy atom. The number of furan rings is 1. The SMILES string of the molecule is CCCCC(NC(=O)C(CC(C)C)NC(=O)c1cc(F)c(F)c(F)c1F)C(=O)CSCc1ccco1. The average molecular weight is 531 g/mol. The van der Waals surface area contributed by atoms with Crippen LogP contribution in [0.4, 0.5) is 17.6 Å². The minimum absolute atomic E-state index is 0.104. The van der Waals surface area contributed by atoms with E-state index in [4.69, 9.17) is 4.42 Å². The van der Waals surface area contributed by atoms with Gasteiger partial charge < -0.3 is 15.1 Å². The van der Waals surface area contributed by atoms with Gasteiger partial charge in [-0.05, 0) is 37.0 Å². The van der Waals surface area contributed by atoms with Gasteiger partial charge in [0, 0.05) is 0 Å². The zero-order valence-electron chi connectivity index (χ0n) is 20.3. The summed E-state index contributed by atoms with van der Waals surface area (Å²) in [5, 5.41) is 4.93. The lowest BCUT2D eigenvalue weighted by Gasteiger charge is -2.24. The van der Waals surface area contributed by atoms with Crippen molar-refractivity contribution in [3.63, 3.8) is 0 Å². The summed E-state index contributed by atoms with van der Waals surface area (Å²) >= 11 is 1.33. The fraction of sp³-hybridized carbons (Fsp3) is 0.480. The van der Waals surface area contributed by atoms with Crippen LogP contribution in [0.1, 0.15) is 62.6 Å². The fourth-order valence-corrected chi connectivity index (χ4v) is 4.29. The third kappa shape index (κ3) is 8.39. The number of carbonyl (C=O) groups excluding carboxylic acids is 3. The van der Waals surface area contributed by atoms with Gasteiger partial charge in [0.15, 0.2) is 29.1 Å². The molecular weight excluding hydrogens is 500 g/mol. The number of ketones is 1. The molecule has 0 aliphatic heterocycles. The first-order valence-corrected chi connectivity index (χ1v) is 12.8. The topological polar surface area (TPSA) is 88.4 Å². The number of amides is 2. The number of carbonyl (C=O) groups is 3. The van der Waals surface area contributed by atoms with E-state index in [1.165, 1.54) is 18.0 Å². The van der Waals surface area contributed by atoms with Gasteiger partial charge in [0.2, 0.25) is 5.91 Å². The van der Waals surface area contributed by atoms with Crippen LogP contribution in [-0.2, 0) is 15.3 Å². The van der Waals surface area contributed by atoms with E-state index >= 15 is 0 Å². The van der Waals surface area contributed by atoms with Crippen molar-refractivity contribution in [2.45, 2.75) is 64.3 Å². The van der Waals surface area contributed by atoms with Crippen molar-refractivity contribution < 1.29 is 36.4 Å². The molecule has 2 amide bonds. The van der Waals surface area contributed by atoms with Crippen molar-refractivity contribution in [1.82, 2.24) is 10.6 Å². The highest BCUT2D eigenvalue weighted by Crippen LogP contribution is 2.20. The number of unbranched alkanes of at least 4 members (excludes halogenated alkanes) is 1. The molecule has 2 N–H and O–H groups in total. The van der Waals surface area contributed by atoms with Gasteiger partial charge in [-0.2, -0.15) is 0 Å². The van der Waals surface area contributed by atoms with E-state index in [1.54, 1.807) is 26.0 Å². The molecule has 198 valence electrons. The van der Waals surface area contributed by atoms with Crippen molar-refractivity contribution in [1.29, 1.82) is 0 Å². The summed E-state index contributed by atoms with van der Waals surface area (Å²) in [5.41, 5.74) is -1.07. The van der Waals surface area contributed by atoms with Gasteiger partial charge in [-0.1, -0.05) is 33.6 Å². The monoisotopic (exact) mass is 530 g/mol. The second-order valence-electron chi connectivity index (χ2n) is 8.75. The van der Waals surface area contributed by atoms with Crippen LogP contribution < -0.4 is 10.6 Å². The number of halogens is 4. The smallest absolute Gasteiger partial charge is 0.255 e. The molecule has 0 aliphatic carbocycles. The van der Waals surface area contributed by atoms with Crippen LogP contribution in [0.2, 0.25) is 0 Å². The third-order valence-corrected chi connectivity index (χ3v) is 6.27. The van der Waals surface area contributed by atoms with Gasteiger partial charge in [0.05, 0.1) is 29.4 Å². The molecule has 0 aliphatic rings. The molecule has 2 atom stereocenters. The van der Waals surface area contributed by atoms with Gasteiger partial charge >= 0.3 is 0 Å². The predicted molar refractivity (Wildman–Crippen MR) is 128 cm³/mol. The highest BCUT2D eigenvalue weighted by molar-refractivity contribution is 7.99. The molecule has 2 aromatic rings. The number of hydrogen-bond donors (Lipinski definition) is 2. The molecule has 0 fully saturated rings. The first kappa shape index (κ1) is 29.4. The lowest BCUT2D eigenvalue weighted by Crippen LogP contribution is -2.52. The maximum Gasteiger partial charge on any atom is 0.255 e. The van der Waals surface area contributed by atoms with Crippen molar-refractivity contribution in [3.8, 4) is 0 Å². The Balaban J connectivity index is 2.12. The predicted octanol–water partition coefficient (Wildman–Crippen LogP) is 5.16. The molecular formula is C25H30F4N2O4S. The van der Waals surface area contributed by atoms with E-state index in [9.17, 15) is 31.9 Å². The van der Waals surface area contributed by atoms with Crippen LogP contribution in [0.15, 0.2) is 28.9 Å². The van der Waals surface area contributed by atoms with Crippen LogP contribution in [0, 0.1) is 29.2 Å². The molecule has 6 nitrogen and oxygen atoms in total. The van der Waals surface area contributed by atoms with E-state index < -0.39 is 52.7 Å². The standard InChI is InChI=1S/C25H30F4N2O4S/c1-4-5-8-18(20(32)13-36-12-15-7-6-9-35-15)30-25(34)19(10-14(2)3)31-24(33)16-11-17(26)22(28)23(29)21(16)27/h6-7,9,11,14,18-19H,4-5,8,10,12-13H2,1-3H3,(H,30,34)(H,31,33). The molecule has 0 saturated carbocycles. The van der Waals surface area contributed by atoms with Crippen LogP contribution >= 0.6 is 11.8 Å². The van der Waals surface area contributed by atoms with Gasteiger partial charge in [0.1, 0.15) is 11.8 Å². The molecule has 2 rings (SSSR count). The van der Waals surface area contributed by atoms with Crippen molar-refractivity contribution in [2.24, 2.45) is 5.92 Å². The lowest BCUT2D eigenvalue weighted by atomic mass is 10.0. The van der Waals surface area contributed by atoms with E-state index in [0.717, 1.165) is 6.42 Å². The number of hydrogen-bond acceptors (Lipinski definition) is 5. The van der Waals surface area contributed by atoms with Crippen LogP contribution in [-0.4, -0.2) is 35.4 Å². The molecule has 1 heterocycles. The quantitative estimate of drug-likeness (QED) is 0.200. The van der Waals surface area contributed by atoms with Crippen LogP contribution in [0.25, 0.3) is 0 Å². The van der Waals surface area contributed by atoms with Crippen molar-refractivity contribution >= 4 is 29.4 Å². The molecule has 0 radical (unpaired) electrons. The second-order valence-corrected chi connectivity index (χ2v) is 9.73. The Labute approximate surface area is 211 Å². The number of nitrogens with one attached hydrogen (secondary N) is 2. The summed E-state index contributed by atoms with van der Waals surface area (Å²) in [6, 6.07) is 1.73. The summed E-state index contributed by atoms with van der Waals surface area (Å²) in [6.07, 6.45) is 3.47. The van der Waals surface area contributed by atoms with Crippen LogP contribution in [0.5, 0.6) is 0 Å². The number of Topliss-reactive ketones (excluding diaryl/α,β-unsaturated/α-hetero) is 1. The summed E-state index contributed by atoms with van der Waals surface area (Å²) in [6.45, 7) is 5.48. The molecule has 0 bridgehead atoms. The molecule has 2 unspecified atom stereocenters. The van der Waals surface area contributed by atoms with Crippen molar-refractivity contribution in [2.75, 3.05) is 5.75 Å². The Morgan fingerprint density at radius 1 is 1.03 bits per heavy atom. The zero-order chi connectivity index (χ0) is 26.8. The molecule has 0 spiro atoms. The van der Waals surface area contributed by atoms with Gasteiger partial charge in [-0.15, -0.1) is 11.8 Å². The summed E-state index contributed by atoms with van der Waals surface area (Å²) in [5.74, 6) is -8.74. The Hall–Kier alpha value is -2.82. The first-order valence-electron chi connectivity index (χ1n) is 11.6. The van der Waals surface area contributed by atoms with Gasteiger partial charge in [-0.3, -0.25) is 14.4 Å². The number of rotatable bonds is 14. The number of thioether (sulfide) groups is 1. The number of benzene rings is 1. The normalized spacial score (nSPS) is 12.9. The summed E-state index contributed by atoms with van der Waals surface area (Å²) < 4.78 is 59.8. The van der Waals surface area contributed by atoms with Crippen LogP contribution in [0.3, 0.4) is 0 Å². The Morgan fingerprint density at radius 3 is 2.36 bits per heavy atom. The minimum atomic E-state index is -2.12. The summed E-state index contributed by atoms with van der Waals surface area (Å²) in [7, 11) is 0. The van der Waals surface area contributed by atoms with E-state index in [2.05, 4.69) is 10.6 Å². The summed E-state index contributed by atoms with van der Waals surface area (Å²) in [4.78, 5) is 38.4. The van der Waals surface area contributed by atoms with E-state index in [0.29, 0.717) is 24.4 Å². The van der Waals surface area contributed by atoms with E-state index in [-0.39, 0.29) is 29.9 Å². The lowest BCUT2D eigenvalue weighted by molar-refractivity contribution is -0.128.